The summed E-state index contributed by atoms with van der Waals surface area (Å²) < 4.78 is 5.23. The lowest BCUT2D eigenvalue weighted by atomic mass is 9.85. The van der Waals surface area contributed by atoms with E-state index in [0.717, 1.165) is 17.7 Å². The molecular weight excluding hydrogens is 354 g/mol. The summed E-state index contributed by atoms with van der Waals surface area (Å²) in [5, 5.41) is 3.58. The van der Waals surface area contributed by atoms with E-state index in [0.29, 0.717) is 44.6 Å². The molecule has 28 heavy (non-hydrogen) atoms. The Hall–Kier alpha value is -2.08. The van der Waals surface area contributed by atoms with E-state index >= 15 is 0 Å². The minimum Gasteiger partial charge on any atom is -0.497 e. The monoisotopic (exact) mass is 385 g/mol. The Morgan fingerprint density at radius 2 is 1.86 bits per heavy atom. The first-order valence-electron chi connectivity index (χ1n) is 10.6. The lowest BCUT2D eigenvalue weighted by Crippen LogP contribution is -2.54. The molecule has 0 bridgehead atoms. The zero-order chi connectivity index (χ0) is 19.5. The summed E-state index contributed by atoms with van der Waals surface area (Å²) in [5.74, 6) is 1.79. The van der Waals surface area contributed by atoms with Gasteiger partial charge in [-0.05, 0) is 42.9 Å². The molecule has 3 aliphatic rings. The fourth-order valence-corrected chi connectivity index (χ4v) is 4.98. The fourth-order valence-electron chi connectivity index (χ4n) is 4.98. The Kier molecular flexibility index (Phi) is 5.85. The number of carbonyl (C=O) groups excluding carboxylic acids is 2. The molecular formula is C22H31N3O3. The zero-order valence-electron chi connectivity index (χ0n) is 16.7. The van der Waals surface area contributed by atoms with Gasteiger partial charge in [0.15, 0.2) is 0 Å². The fraction of sp³-hybridized carbons (Fsp3) is 0.636. The first-order valence-corrected chi connectivity index (χ1v) is 10.6. The number of carbonyl (C=O) groups is 2. The molecule has 0 spiro atoms. The van der Waals surface area contributed by atoms with Gasteiger partial charge < -0.3 is 19.9 Å². The van der Waals surface area contributed by atoms with Crippen molar-refractivity contribution in [3.05, 3.63) is 29.8 Å². The molecule has 2 amide bonds. The number of rotatable bonds is 4. The first kappa shape index (κ1) is 19.2. The van der Waals surface area contributed by atoms with Gasteiger partial charge in [-0.25, -0.2) is 0 Å². The van der Waals surface area contributed by atoms with Crippen molar-refractivity contribution >= 4 is 11.8 Å². The third-order valence-corrected chi connectivity index (χ3v) is 6.59. The summed E-state index contributed by atoms with van der Waals surface area (Å²) in [6, 6.07) is 8.16. The van der Waals surface area contributed by atoms with Gasteiger partial charge in [0.1, 0.15) is 5.75 Å². The Bertz CT molecular complexity index is 701. The molecule has 2 heterocycles. The highest BCUT2D eigenvalue weighted by Gasteiger charge is 2.40. The summed E-state index contributed by atoms with van der Waals surface area (Å²) in [5.41, 5.74) is 0.959. The largest absolute Gasteiger partial charge is 0.497 e. The van der Waals surface area contributed by atoms with Crippen molar-refractivity contribution in [2.45, 2.75) is 50.6 Å². The smallest absolute Gasteiger partial charge is 0.239 e. The summed E-state index contributed by atoms with van der Waals surface area (Å²) in [7, 11) is 1.63. The van der Waals surface area contributed by atoms with Crippen LogP contribution in [0.2, 0.25) is 0 Å². The van der Waals surface area contributed by atoms with Gasteiger partial charge >= 0.3 is 0 Å². The summed E-state index contributed by atoms with van der Waals surface area (Å²) in [6.07, 6.45) is 6.41. The van der Waals surface area contributed by atoms with Gasteiger partial charge in [0.2, 0.25) is 11.8 Å². The minimum atomic E-state index is -0.0212. The molecule has 1 N–H and O–H groups in total. The lowest BCUT2D eigenvalue weighted by molar-refractivity contribution is -0.140. The topological polar surface area (TPSA) is 61.9 Å². The van der Waals surface area contributed by atoms with Crippen molar-refractivity contribution in [3.63, 3.8) is 0 Å². The number of amides is 2. The maximum Gasteiger partial charge on any atom is 0.239 e. The third kappa shape index (κ3) is 4.17. The van der Waals surface area contributed by atoms with Gasteiger partial charge in [-0.3, -0.25) is 9.59 Å². The summed E-state index contributed by atoms with van der Waals surface area (Å²) in [4.78, 5) is 29.4. The van der Waals surface area contributed by atoms with Gasteiger partial charge in [0, 0.05) is 32.2 Å². The second-order valence-electron chi connectivity index (χ2n) is 8.34. The van der Waals surface area contributed by atoms with Crippen molar-refractivity contribution in [2.24, 2.45) is 5.92 Å². The van der Waals surface area contributed by atoms with E-state index in [1.165, 1.54) is 25.7 Å². The van der Waals surface area contributed by atoms with Crippen LogP contribution in [0.25, 0.3) is 0 Å². The third-order valence-electron chi connectivity index (χ3n) is 6.59. The molecule has 3 fully saturated rings. The number of benzene rings is 1. The second kappa shape index (κ2) is 8.52. The molecule has 6 heteroatoms. The van der Waals surface area contributed by atoms with Gasteiger partial charge in [0.25, 0.3) is 0 Å². The molecule has 2 aliphatic heterocycles. The van der Waals surface area contributed by atoms with Crippen LogP contribution in [0.3, 0.4) is 0 Å². The Morgan fingerprint density at radius 3 is 2.61 bits per heavy atom. The number of fused-ring (bicyclic) bond motifs is 1. The predicted octanol–water partition coefficient (Wildman–Crippen LogP) is 1.83. The standard InChI is InChI=1S/C22H31N3O3/c1-28-18-7-4-5-16(13-18)14-21(26)24-9-11-25(12-10-24)22(27)20-15-17-6-2-3-8-19(17)23-20/h4-5,7,13,17,19-20,23H,2-3,6,8-12,14-15H2,1H3. The maximum absolute atomic E-state index is 12.9. The van der Waals surface area contributed by atoms with E-state index in [9.17, 15) is 9.59 Å². The van der Waals surface area contributed by atoms with Crippen LogP contribution in [0.5, 0.6) is 5.75 Å². The van der Waals surface area contributed by atoms with Crippen LogP contribution in [-0.2, 0) is 16.0 Å². The molecule has 3 unspecified atom stereocenters. The molecule has 2 saturated heterocycles. The molecule has 1 saturated carbocycles. The Balaban J connectivity index is 1.27. The lowest BCUT2D eigenvalue weighted by Gasteiger charge is -2.36. The molecule has 6 nitrogen and oxygen atoms in total. The van der Waals surface area contributed by atoms with Crippen LogP contribution >= 0.6 is 0 Å². The molecule has 1 aromatic carbocycles. The average Bonchev–Trinajstić information content (AvgIpc) is 3.17. The molecule has 152 valence electrons. The number of hydrogen-bond acceptors (Lipinski definition) is 4. The predicted molar refractivity (Wildman–Crippen MR) is 107 cm³/mol. The maximum atomic E-state index is 12.9. The second-order valence-corrected chi connectivity index (χ2v) is 8.34. The van der Waals surface area contributed by atoms with E-state index in [2.05, 4.69) is 5.32 Å². The molecule has 1 aromatic rings. The number of nitrogens with one attached hydrogen (secondary N) is 1. The van der Waals surface area contributed by atoms with Crippen LogP contribution in [-0.4, -0.2) is 67.0 Å². The van der Waals surface area contributed by atoms with E-state index in [-0.39, 0.29) is 17.9 Å². The highest BCUT2D eigenvalue weighted by atomic mass is 16.5. The minimum absolute atomic E-state index is 0.0212. The van der Waals surface area contributed by atoms with E-state index in [1.807, 2.05) is 34.1 Å². The average molecular weight is 386 g/mol. The molecule has 3 atom stereocenters. The molecule has 4 rings (SSSR count). The van der Waals surface area contributed by atoms with Gasteiger partial charge in [0.05, 0.1) is 19.6 Å². The van der Waals surface area contributed by atoms with Gasteiger partial charge in [-0.2, -0.15) is 0 Å². The summed E-state index contributed by atoms with van der Waals surface area (Å²) in [6.45, 7) is 2.51. The number of nitrogens with zero attached hydrogens (tertiary/aromatic N) is 2. The highest BCUT2D eigenvalue weighted by molar-refractivity contribution is 5.83. The summed E-state index contributed by atoms with van der Waals surface area (Å²) >= 11 is 0. The Labute approximate surface area is 167 Å². The Morgan fingerprint density at radius 1 is 1.11 bits per heavy atom. The van der Waals surface area contributed by atoms with Crippen molar-refractivity contribution in [1.82, 2.24) is 15.1 Å². The van der Waals surface area contributed by atoms with Crippen molar-refractivity contribution in [1.29, 1.82) is 0 Å². The van der Waals surface area contributed by atoms with Crippen LogP contribution in [0, 0.1) is 5.92 Å². The van der Waals surface area contributed by atoms with Crippen LogP contribution in [0.1, 0.15) is 37.7 Å². The molecule has 0 aromatic heterocycles. The van der Waals surface area contributed by atoms with Crippen LogP contribution in [0.4, 0.5) is 0 Å². The number of ether oxygens (including phenoxy) is 1. The molecule has 0 radical (unpaired) electrons. The quantitative estimate of drug-likeness (QED) is 0.859. The van der Waals surface area contributed by atoms with E-state index < -0.39 is 0 Å². The number of piperazine rings is 1. The van der Waals surface area contributed by atoms with E-state index in [1.54, 1.807) is 7.11 Å². The van der Waals surface area contributed by atoms with Crippen molar-refractivity contribution in [3.8, 4) is 5.75 Å². The number of hydrogen-bond donors (Lipinski definition) is 1. The van der Waals surface area contributed by atoms with Crippen molar-refractivity contribution < 1.29 is 14.3 Å². The first-order chi connectivity index (χ1) is 13.6. The zero-order valence-corrected chi connectivity index (χ0v) is 16.7. The van der Waals surface area contributed by atoms with Gasteiger partial charge in [-0.1, -0.05) is 25.0 Å². The van der Waals surface area contributed by atoms with Crippen molar-refractivity contribution in [2.75, 3.05) is 33.3 Å². The van der Waals surface area contributed by atoms with Gasteiger partial charge in [-0.15, -0.1) is 0 Å². The van der Waals surface area contributed by atoms with Crippen LogP contribution < -0.4 is 10.1 Å². The highest BCUT2D eigenvalue weighted by Crippen LogP contribution is 2.33. The van der Waals surface area contributed by atoms with E-state index in [4.69, 9.17) is 4.74 Å². The SMILES string of the molecule is COc1cccc(CC(=O)N2CCN(C(=O)C3CC4CCCCC4N3)CC2)c1. The number of methoxy groups -OCH3 is 1. The molecule has 1 aliphatic carbocycles. The normalized spacial score (nSPS) is 27.4. The van der Waals surface area contributed by atoms with Crippen LogP contribution in [0.15, 0.2) is 24.3 Å².